The van der Waals surface area contributed by atoms with Gasteiger partial charge in [-0.05, 0) is 19.9 Å². The molecule has 0 aromatic heterocycles. The molecule has 0 unspecified atom stereocenters. The van der Waals surface area contributed by atoms with Crippen LogP contribution >= 0.6 is 0 Å². The zero-order valence-corrected chi connectivity index (χ0v) is 11.6. The third kappa shape index (κ3) is 4.01. The monoisotopic (exact) mass is 285 g/mol. The van der Waals surface area contributed by atoms with E-state index >= 15 is 0 Å². The van der Waals surface area contributed by atoms with Crippen molar-refractivity contribution >= 4 is 11.9 Å². The molecule has 1 rings (SSSR count). The molecule has 0 heterocycles. The molecule has 0 aliphatic carbocycles. The third-order valence-electron chi connectivity index (χ3n) is 3.02. The Morgan fingerprint density at radius 1 is 1.30 bits per heavy atom. The summed E-state index contributed by atoms with van der Waals surface area (Å²) in [5.74, 6) is -2.91. The number of nitrogens with zero attached hydrogens (tertiary/aromatic N) is 1. The SMILES string of the molecule is CN(Cc1ccc(F)cc1F)C(=O)CC(C)(C)C(=O)O. The molecule has 20 heavy (non-hydrogen) atoms. The van der Waals surface area contributed by atoms with Crippen LogP contribution in [0.4, 0.5) is 8.78 Å². The van der Waals surface area contributed by atoms with Gasteiger partial charge in [-0.1, -0.05) is 6.07 Å². The lowest BCUT2D eigenvalue weighted by Crippen LogP contribution is -2.34. The van der Waals surface area contributed by atoms with Gasteiger partial charge in [0.05, 0.1) is 5.41 Å². The Bertz CT molecular complexity index is 529. The van der Waals surface area contributed by atoms with Crippen molar-refractivity contribution in [2.75, 3.05) is 7.05 Å². The van der Waals surface area contributed by atoms with Gasteiger partial charge >= 0.3 is 5.97 Å². The number of hydrogen-bond acceptors (Lipinski definition) is 2. The summed E-state index contributed by atoms with van der Waals surface area (Å²) >= 11 is 0. The molecule has 0 saturated heterocycles. The molecular weight excluding hydrogens is 268 g/mol. The number of amides is 1. The quantitative estimate of drug-likeness (QED) is 0.904. The van der Waals surface area contributed by atoms with Crippen LogP contribution in [0.15, 0.2) is 18.2 Å². The summed E-state index contributed by atoms with van der Waals surface area (Å²) in [4.78, 5) is 24.1. The minimum absolute atomic E-state index is 0.0410. The first-order valence-electron chi connectivity index (χ1n) is 6.05. The van der Waals surface area contributed by atoms with Crippen LogP contribution in [0.1, 0.15) is 25.8 Å². The smallest absolute Gasteiger partial charge is 0.309 e. The van der Waals surface area contributed by atoms with Gasteiger partial charge in [-0.3, -0.25) is 9.59 Å². The molecule has 110 valence electrons. The number of hydrogen-bond donors (Lipinski definition) is 1. The predicted molar refractivity (Wildman–Crippen MR) is 68.9 cm³/mol. The van der Waals surface area contributed by atoms with Gasteiger partial charge in [0.25, 0.3) is 0 Å². The highest BCUT2D eigenvalue weighted by atomic mass is 19.1. The fourth-order valence-electron chi connectivity index (χ4n) is 1.58. The van der Waals surface area contributed by atoms with Crippen LogP contribution in [-0.4, -0.2) is 28.9 Å². The molecule has 1 aromatic carbocycles. The van der Waals surface area contributed by atoms with Gasteiger partial charge in [-0.25, -0.2) is 8.78 Å². The number of carboxylic acids is 1. The molecule has 1 N–H and O–H groups in total. The topological polar surface area (TPSA) is 57.6 Å². The molecule has 0 fully saturated rings. The van der Waals surface area contributed by atoms with Gasteiger partial charge in [0.1, 0.15) is 11.6 Å². The molecule has 0 aliphatic heterocycles. The highest BCUT2D eigenvalue weighted by Crippen LogP contribution is 2.22. The molecule has 4 nitrogen and oxygen atoms in total. The lowest BCUT2D eigenvalue weighted by Gasteiger charge is -2.23. The average Bonchev–Trinajstić information content (AvgIpc) is 2.31. The van der Waals surface area contributed by atoms with E-state index in [2.05, 4.69) is 0 Å². The molecule has 0 bridgehead atoms. The second-order valence-electron chi connectivity index (χ2n) is 5.35. The number of carbonyl (C=O) groups is 2. The van der Waals surface area contributed by atoms with E-state index in [1.165, 1.54) is 31.9 Å². The second-order valence-corrected chi connectivity index (χ2v) is 5.35. The van der Waals surface area contributed by atoms with Crippen molar-refractivity contribution in [2.45, 2.75) is 26.8 Å². The highest BCUT2D eigenvalue weighted by Gasteiger charge is 2.31. The predicted octanol–water partition coefficient (Wildman–Crippen LogP) is 2.42. The first-order valence-corrected chi connectivity index (χ1v) is 6.05. The minimum atomic E-state index is -1.19. The Kier molecular flexibility index (Phi) is 4.81. The Labute approximate surface area is 116 Å². The van der Waals surface area contributed by atoms with Gasteiger partial charge < -0.3 is 10.0 Å². The molecule has 0 spiro atoms. The highest BCUT2D eigenvalue weighted by molar-refractivity contribution is 5.84. The van der Waals surface area contributed by atoms with E-state index in [-0.39, 0.29) is 18.5 Å². The molecule has 0 radical (unpaired) electrons. The third-order valence-corrected chi connectivity index (χ3v) is 3.02. The first-order chi connectivity index (χ1) is 9.13. The lowest BCUT2D eigenvalue weighted by atomic mass is 9.89. The standard InChI is InChI=1S/C14H17F2NO3/c1-14(2,13(19)20)7-12(18)17(3)8-9-4-5-10(15)6-11(9)16/h4-6H,7-8H2,1-3H3,(H,19,20). The van der Waals surface area contributed by atoms with Crippen LogP contribution < -0.4 is 0 Å². The number of carboxylic acid groups (broad SMARTS) is 1. The van der Waals surface area contributed by atoms with E-state index in [1.807, 2.05) is 0 Å². The Balaban J connectivity index is 2.73. The molecule has 1 aromatic rings. The van der Waals surface area contributed by atoms with Gasteiger partial charge in [-0.15, -0.1) is 0 Å². The maximum Gasteiger partial charge on any atom is 0.309 e. The van der Waals surface area contributed by atoms with Crippen molar-refractivity contribution in [3.63, 3.8) is 0 Å². The van der Waals surface area contributed by atoms with Crippen molar-refractivity contribution < 1.29 is 23.5 Å². The molecular formula is C14H17F2NO3. The van der Waals surface area contributed by atoms with Crippen LogP contribution in [0.5, 0.6) is 0 Å². The Morgan fingerprint density at radius 2 is 1.90 bits per heavy atom. The van der Waals surface area contributed by atoms with E-state index in [0.717, 1.165) is 12.1 Å². The minimum Gasteiger partial charge on any atom is -0.481 e. The van der Waals surface area contributed by atoms with Crippen molar-refractivity contribution in [3.05, 3.63) is 35.4 Å². The molecule has 0 atom stereocenters. The Hall–Kier alpha value is -1.98. The van der Waals surface area contributed by atoms with E-state index in [9.17, 15) is 18.4 Å². The summed E-state index contributed by atoms with van der Waals surface area (Å²) in [5, 5.41) is 8.96. The van der Waals surface area contributed by atoms with E-state index in [0.29, 0.717) is 0 Å². The number of carbonyl (C=O) groups excluding carboxylic acids is 1. The van der Waals surface area contributed by atoms with Crippen LogP contribution in [-0.2, 0) is 16.1 Å². The summed E-state index contributed by atoms with van der Waals surface area (Å²) in [7, 11) is 1.45. The zero-order chi connectivity index (χ0) is 15.5. The van der Waals surface area contributed by atoms with Crippen molar-refractivity contribution in [2.24, 2.45) is 5.41 Å². The van der Waals surface area contributed by atoms with E-state index in [4.69, 9.17) is 5.11 Å². The van der Waals surface area contributed by atoms with Gasteiger partial charge in [-0.2, -0.15) is 0 Å². The molecule has 1 amide bonds. The number of halogens is 2. The largest absolute Gasteiger partial charge is 0.481 e. The van der Waals surface area contributed by atoms with Crippen molar-refractivity contribution in [1.82, 2.24) is 4.90 Å². The maximum atomic E-state index is 13.5. The summed E-state index contributed by atoms with van der Waals surface area (Å²) < 4.78 is 26.2. The zero-order valence-electron chi connectivity index (χ0n) is 11.6. The van der Waals surface area contributed by atoms with Gasteiger partial charge in [0.15, 0.2) is 0 Å². The fourth-order valence-corrected chi connectivity index (χ4v) is 1.58. The van der Waals surface area contributed by atoms with Crippen LogP contribution in [0.25, 0.3) is 0 Å². The summed E-state index contributed by atoms with van der Waals surface area (Å²) in [6.07, 6.45) is -0.193. The molecule has 6 heteroatoms. The number of benzene rings is 1. The van der Waals surface area contributed by atoms with Crippen molar-refractivity contribution in [1.29, 1.82) is 0 Å². The van der Waals surface area contributed by atoms with Gasteiger partial charge in [0.2, 0.25) is 5.91 Å². The first kappa shape index (κ1) is 16.1. The number of rotatable bonds is 5. The van der Waals surface area contributed by atoms with Crippen molar-refractivity contribution in [3.8, 4) is 0 Å². The lowest BCUT2D eigenvalue weighted by molar-refractivity contribution is -0.151. The van der Waals surface area contributed by atoms with E-state index in [1.54, 1.807) is 0 Å². The fraction of sp³-hybridized carbons (Fsp3) is 0.429. The second kappa shape index (κ2) is 5.98. The average molecular weight is 285 g/mol. The van der Waals surface area contributed by atoms with Crippen LogP contribution in [0.2, 0.25) is 0 Å². The normalized spacial score (nSPS) is 11.2. The maximum absolute atomic E-state index is 13.5. The van der Waals surface area contributed by atoms with Gasteiger partial charge in [0, 0.05) is 31.6 Å². The summed E-state index contributed by atoms with van der Waals surface area (Å²) in [6, 6.07) is 3.11. The van der Waals surface area contributed by atoms with Crippen LogP contribution in [0, 0.1) is 17.0 Å². The molecule has 0 aliphatic rings. The van der Waals surface area contributed by atoms with Crippen LogP contribution in [0.3, 0.4) is 0 Å². The molecule has 0 saturated carbocycles. The summed E-state index contributed by atoms with van der Waals surface area (Å²) in [5.41, 5.74) is -1.01. The Morgan fingerprint density at radius 3 is 2.40 bits per heavy atom. The number of aliphatic carboxylic acids is 1. The summed E-state index contributed by atoms with van der Waals surface area (Å²) in [6.45, 7) is 2.85. The van der Waals surface area contributed by atoms with E-state index < -0.39 is 28.9 Å².